The molecule has 0 aromatic carbocycles. The second-order valence-electron chi connectivity index (χ2n) is 2.79. The maximum atomic E-state index is 9.22. The summed E-state index contributed by atoms with van der Waals surface area (Å²) in [5.41, 5.74) is 0. The van der Waals surface area contributed by atoms with Crippen molar-refractivity contribution in [3.05, 3.63) is 0 Å². The Balaban J connectivity index is 2.18. The van der Waals surface area contributed by atoms with E-state index in [0.29, 0.717) is 5.88 Å². The molecule has 1 aliphatic heterocycles. The van der Waals surface area contributed by atoms with Crippen molar-refractivity contribution in [2.24, 2.45) is 0 Å². The van der Waals surface area contributed by atoms with Gasteiger partial charge in [-0.3, -0.25) is 4.90 Å². The summed E-state index contributed by atoms with van der Waals surface area (Å²) in [7, 11) is 0. The average molecular weight is 164 g/mol. The first-order valence-electron chi connectivity index (χ1n) is 3.79. The lowest BCUT2D eigenvalue weighted by molar-refractivity contribution is 0.0741. The molecule has 1 N–H and O–H groups in total. The van der Waals surface area contributed by atoms with Crippen LogP contribution in [0.4, 0.5) is 0 Å². The molecular weight excluding hydrogens is 150 g/mol. The molecule has 0 aromatic heterocycles. The van der Waals surface area contributed by atoms with Gasteiger partial charge in [0, 0.05) is 19.0 Å². The molecule has 1 rings (SSSR count). The van der Waals surface area contributed by atoms with Crippen LogP contribution in [0.15, 0.2) is 0 Å². The van der Waals surface area contributed by atoms with Crippen molar-refractivity contribution in [3.8, 4) is 0 Å². The van der Waals surface area contributed by atoms with Gasteiger partial charge in [-0.05, 0) is 19.4 Å². The molecule has 0 aliphatic carbocycles. The summed E-state index contributed by atoms with van der Waals surface area (Å²) in [6.07, 6.45) is 1.95. The van der Waals surface area contributed by atoms with E-state index in [-0.39, 0.29) is 6.10 Å². The van der Waals surface area contributed by atoms with Gasteiger partial charge in [-0.25, -0.2) is 0 Å². The quantitative estimate of drug-likeness (QED) is 0.606. The van der Waals surface area contributed by atoms with E-state index in [2.05, 4.69) is 4.90 Å². The van der Waals surface area contributed by atoms with Gasteiger partial charge in [0.2, 0.25) is 0 Å². The van der Waals surface area contributed by atoms with E-state index in [1.54, 1.807) is 0 Å². The SMILES string of the molecule is OC1CCCN(CCCl)C1. The Morgan fingerprint density at radius 3 is 3.00 bits per heavy atom. The first kappa shape index (κ1) is 8.31. The van der Waals surface area contributed by atoms with E-state index in [4.69, 9.17) is 11.6 Å². The highest BCUT2D eigenvalue weighted by molar-refractivity contribution is 6.18. The molecule has 60 valence electrons. The van der Waals surface area contributed by atoms with E-state index < -0.39 is 0 Å². The van der Waals surface area contributed by atoms with Crippen molar-refractivity contribution in [2.45, 2.75) is 18.9 Å². The van der Waals surface area contributed by atoms with Crippen LogP contribution < -0.4 is 0 Å². The number of alkyl halides is 1. The van der Waals surface area contributed by atoms with Crippen molar-refractivity contribution in [3.63, 3.8) is 0 Å². The first-order chi connectivity index (χ1) is 4.83. The van der Waals surface area contributed by atoms with Crippen LogP contribution in [-0.2, 0) is 0 Å². The number of aliphatic hydroxyl groups is 1. The van der Waals surface area contributed by atoms with E-state index >= 15 is 0 Å². The molecule has 1 fully saturated rings. The zero-order chi connectivity index (χ0) is 7.40. The number of rotatable bonds is 2. The summed E-state index contributed by atoms with van der Waals surface area (Å²) < 4.78 is 0. The highest BCUT2D eigenvalue weighted by Gasteiger charge is 2.15. The molecule has 3 heteroatoms. The summed E-state index contributed by atoms with van der Waals surface area (Å²) in [6.45, 7) is 2.83. The van der Waals surface area contributed by atoms with Gasteiger partial charge in [0.25, 0.3) is 0 Å². The Bertz CT molecular complexity index is 97.6. The minimum atomic E-state index is -0.114. The van der Waals surface area contributed by atoms with Crippen LogP contribution in [0.5, 0.6) is 0 Å². The number of halogens is 1. The lowest BCUT2D eigenvalue weighted by Crippen LogP contribution is -2.39. The fourth-order valence-electron chi connectivity index (χ4n) is 1.35. The summed E-state index contributed by atoms with van der Waals surface area (Å²) in [4.78, 5) is 2.21. The third-order valence-corrected chi connectivity index (χ3v) is 2.05. The third-order valence-electron chi connectivity index (χ3n) is 1.88. The second kappa shape index (κ2) is 4.16. The average Bonchev–Trinajstić information content (AvgIpc) is 1.88. The van der Waals surface area contributed by atoms with Crippen LogP contribution in [0.3, 0.4) is 0 Å². The third kappa shape index (κ3) is 2.45. The maximum Gasteiger partial charge on any atom is 0.0667 e. The topological polar surface area (TPSA) is 23.5 Å². The number of likely N-dealkylation sites (tertiary alicyclic amines) is 1. The zero-order valence-electron chi connectivity index (χ0n) is 6.09. The van der Waals surface area contributed by atoms with Crippen LogP contribution >= 0.6 is 11.6 Å². The highest BCUT2D eigenvalue weighted by atomic mass is 35.5. The standard InChI is InChI=1S/C7H14ClNO/c8-3-5-9-4-1-2-7(10)6-9/h7,10H,1-6H2. The van der Waals surface area contributed by atoms with Gasteiger partial charge in [-0.2, -0.15) is 0 Å². The Morgan fingerprint density at radius 2 is 2.40 bits per heavy atom. The van der Waals surface area contributed by atoms with E-state index in [1.165, 1.54) is 0 Å². The fraction of sp³-hybridized carbons (Fsp3) is 1.00. The Morgan fingerprint density at radius 1 is 1.60 bits per heavy atom. The Kier molecular flexibility index (Phi) is 3.46. The van der Waals surface area contributed by atoms with Gasteiger partial charge in [0.05, 0.1) is 6.10 Å². The smallest absolute Gasteiger partial charge is 0.0667 e. The lowest BCUT2D eigenvalue weighted by Gasteiger charge is -2.29. The van der Waals surface area contributed by atoms with Gasteiger partial charge in [0.15, 0.2) is 0 Å². The normalized spacial score (nSPS) is 28.8. The fourth-order valence-corrected chi connectivity index (χ4v) is 1.59. The molecule has 0 saturated carbocycles. The number of hydrogen-bond acceptors (Lipinski definition) is 2. The Hall–Kier alpha value is 0.210. The highest BCUT2D eigenvalue weighted by Crippen LogP contribution is 2.08. The van der Waals surface area contributed by atoms with Gasteiger partial charge in [0.1, 0.15) is 0 Å². The molecule has 0 radical (unpaired) electrons. The molecular formula is C7H14ClNO. The predicted octanol–water partition coefficient (Wildman–Crippen LogP) is 0.682. The molecule has 0 aromatic rings. The van der Waals surface area contributed by atoms with E-state index in [1.807, 2.05) is 0 Å². The number of piperidine rings is 1. The zero-order valence-corrected chi connectivity index (χ0v) is 6.85. The summed E-state index contributed by atoms with van der Waals surface area (Å²) in [6, 6.07) is 0. The number of hydrogen-bond donors (Lipinski definition) is 1. The second-order valence-corrected chi connectivity index (χ2v) is 3.16. The molecule has 1 aliphatic rings. The molecule has 1 atom stereocenters. The summed E-state index contributed by atoms with van der Waals surface area (Å²) >= 11 is 5.56. The largest absolute Gasteiger partial charge is 0.392 e. The van der Waals surface area contributed by atoms with Crippen LogP contribution in [0.1, 0.15) is 12.8 Å². The molecule has 10 heavy (non-hydrogen) atoms. The van der Waals surface area contributed by atoms with Gasteiger partial charge < -0.3 is 5.11 Å². The van der Waals surface area contributed by atoms with E-state index in [0.717, 1.165) is 32.5 Å². The number of aliphatic hydroxyl groups excluding tert-OH is 1. The summed E-state index contributed by atoms with van der Waals surface area (Å²) in [5.74, 6) is 0.673. The van der Waals surface area contributed by atoms with E-state index in [9.17, 15) is 5.11 Å². The lowest BCUT2D eigenvalue weighted by atomic mass is 10.1. The molecule has 0 bridgehead atoms. The molecule has 1 heterocycles. The molecule has 2 nitrogen and oxygen atoms in total. The van der Waals surface area contributed by atoms with Gasteiger partial charge in [-0.15, -0.1) is 11.6 Å². The molecule has 0 spiro atoms. The minimum absolute atomic E-state index is 0.114. The first-order valence-corrected chi connectivity index (χ1v) is 4.33. The molecule has 1 unspecified atom stereocenters. The molecule has 1 saturated heterocycles. The van der Waals surface area contributed by atoms with Crippen molar-refractivity contribution >= 4 is 11.6 Å². The monoisotopic (exact) mass is 163 g/mol. The number of nitrogens with zero attached hydrogens (tertiary/aromatic N) is 1. The van der Waals surface area contributed by atoms with Crippen molar-refractivity contribution < 1.29 is 5.11 Å². The van der Waals surface area contributed by atoms with Crippen LogP contribution in [-0.4, -0.2) is 41.6 Å². The van der Waals surface area contributed by atoms with Crippen LogP contribution in [0, 0.1) is 0 Å². The molecule has 0 amide bonds. The summed E-state index contributed by atoms with van der Waals surface area (Å²) in [5, 5.41) is 9.22. The van der Waals surface area contributed by atoms with Crippen molar-refractivity contribution in [1.82, 2.24) is 4.90 Å². The maximum absolute atomic E-state index is 9.22. The van der Waals surface area contributed by atoms with Gasteiger partial charge >= 0.3 is 0 Å². The van der Waals surface area contributed by atoms with Crippen LogP contribution in [0.25, 0.3) is 0 Å². The van der Waals surface area contributed by atoms with Crippen molar-refractivity contribution in [1.29, 1.82) is 0 Å². The van der Waals surface area contributed by atoms with Crippen molar-refractivity contribution in [2.75, 3.05) is 25.5 Å². The minimum Gasteiger partial charge on any atom is -0.392 e. The number of β-amino-alcohol motifs (C(OH)–C–C–N with tert-alkyl or cyclic N) is 1. The van der Waals surface area contributed by atoms with Gasteiger partial charge in [-0.1, -0.05) is 0 Å². The Labute approximate surface area is 66.8 Å². The van der Waals surface area contributed by atoms with Crippen LogP contribution in [0.2, 0.25) is 0 Å². The predicted molar refractivity (Wildman–Crippen MR) is 42.4 cm³/mol.